The van der Waals surface area contributed by atoms with E-state index in [1.807, 2.05) is 19.9 Å². The molecule has 4 nitrogen and oxygen atoms in total. The lowest BCUT2D eigenvalue weighted by molar-refractivity contribution is 1.05. The van der Waals surface area contributed by atoms with Crippen LogP contribution in [-0.4, -0.2) is 9.97 Å². The third-order valence-corrected chi connectivity index (χ3v) is 3.21. The molecule has 0 aliphatic heterocycles. The molecule has 1 aromatic carbocycles. The molecule has 0 saturated heterocycles. The van der Waals surface area contributed by atoms with Crippen molar-refractivity contribution in [2.75, 3.05) is 5.32 Å². The first-order valence-corrected chi connectivity index (χ1v) is 6.24. The average molecular weight is 293 g/mol. The summed E-state index contributed by atoms with van der Waals surface area (Å²) >= 11 is 12.1. The molecule has 0 atom stereocenters. The van der Waals surface area contributed by atoms with Gasteiger partial charge in [0.05, 0.1) is 33.7 Å². The molecule has 0 fully saturated rings. The van der Waals surface area contributed by atoms with Gasteiger partial charge in [-0.25, -0.2) is 9.97 Å². The molecular weight excluding hydrogens is 283 g/mol. The number of nitriles is 1. The summed E-state index contributed by atoms with van der Waals surface area (Å²) in [6.45, 7) is 3.68. The molecule has 0 unspecified atom stereocenters. The van der Waals surface area contributed by atoms with E-state index in [0.29, 0.717) is 22.1 Å². The summed E-state index contributed by atoms with van der Waals surface area (Å²) in [5.41, 5.74) is 2.62. The second-order valence-electron chi connectivity index (χ2n) is 3.97. The van der Waals surface area contributed by atoms with E-state index in [-0.39, 0.29) is 5.15 Å². The monoisotopic (exact) mass is 292 g/mol. The Kier molecular flexibility index (Phi) is 3.89. The number of rotatable bonds is 2. The van der Waals surface area contributed by atoms with Crippen molar-refractivity contribution in [2.45, 2.75) is 13.8 Å². The Morgan fingerprint density at radius 1 is 1.16 bits per heavy atom. The first kappa shape index (κ1) is 13.6. The third kappa shape index (κ3) is 2.95. The minimum absolute atomic E-state index is 0.265. The van der Waals surface area contributed by atoms with Crippen LogP contribution >= 0.6 is 23.2 Å². The molecule has 2 aromatic rings. The number of nitrogens with one attached hydrogen (secondary N) is 1. The van der Waals surface area contributed by atoms with Crippen LogP contribution in [0.4, 0.5) is 11.5 Å². The minimum atomic E-state index is 0.265. The molecule has 0 amide bonds. The molecule has 1 heterocycles. The molecule has 0 spiro atoms. The summed E-state index contributed by atoms with van der Waals surface area (Å²) in [6.07, 6.45) is 0. The van der Waals surface area contributed by atoms with Gasteiger partial charge in [0.2, 0.25) is 0 Å². The van der Waals surface area contributed by atoms with Crippen LogP contribution in [0.2, 0.25) is 10.2 Å². The van der Waals surface area contributed by atoms with Gasteiger partial charge in [-0.15, -0.1) is 0 Å². The van der Waals surface area contributed by atoms with Crippen LogP contribution in [0.5, 0.6) is 0 Å². The topological polar surface area (TPSA) is 61.6 Å². The summed E-state index contributed by atoms with van der Waals surface area (Å²) in [5.74, 6) is 0.418. The highest BCUT2D eigenvalue weighted by molar-refractivity contribution is 6.34. The van der Waals surface area contributed by atoms with Gasteiger partial charge in [-0.3, -0.25) is 0 Å². The smallest absolute Gasteiger partial charge is 0.172 e. The van der Waals surface area contributed by atoms with Crippen molar-refractivity contribution in [3.05, 3.63) is 45.3 Å². The maximum Gasteiger partial charge on any atom is 0.172 e. The number of aromatic nitrogens is 2. The quantitative estimate of drug-likeness (QED) is 0.908. The molecule has 2 rings (SSSR count). The van der Waals surface area contributed by atoms with Gasteiger partial charge in [0.25, 0.3) is 0 Å². The number of halogens is 2. The van der Waals surface area contributed by atoms with Crippen LogP contribution in [-0.2, 0) is 0 Å². The van der Waals surface area contributed by atoms with Crippen molar-refractivity contribution in [3.63, 3.8) is 0 Å². The molecule has 19 heavy (non-hydrogen) atoms. The number of aryl methyl sites for hydroxylation is 2. The van der Waals surface area contributed by atoms with E-state index >= 15 is 0 Å². The summed E-state index contributed by atoms with van der Waals surface area (Å²) in [5, 5.41) is 12.6. The average Bonchev–Trinajstić information content (AvgIpc) is 2.38. The van der Waals surface area contributed by atoms with Crippen molar-refractivity contribution in [1.29, 1.82) is 5.26 Å². The number of hydrogen-bond acceptors (Lipinski definition) is 4. The highest BCUT2D eigenvalue weighted by Gasteiger charge is 2.09. The van der Waals surface area contributed by atoms with Crippen LogP contribution in [0.25, 0.3) is 0 Å². The van der Waals surface area contributed by atoms with Crippen LogP contribution < -0.4 is 5.32 Å². The van der Waals surface area contributed by atoms with E-state index in [0.717, 1.165) is 11.4 Å². The van der Waals surface area contributed by atoms with Crippen LogP contribution in [0, 0.1) is 25.2 Å². The molecule has 1 N–H and O–H groups in total. The second-order valence-corrected chi connectivity index (χ2v) is 4.73. The third-order valence-electron chi connectivity index (χ3n) is 2.61. The van der Waals surface area contributed by atoms with E-state index in [1.165, 1.54) is 0 Å². The van der Waals surface area contributed by atoms with Crippen molar-refractivity contribution < 1.29 is 0 Å². The Morgan fingerprint density at radius 3 is 2.53 bits per heavy atom. The van der Waals surface area contributed by atoms with Crippen LogP contribution in [0.3, 0.4) is 0 Å². The molecule has 96 valence electrons. The second kappa shape index (κ2) is 5.43. The zero-order chi connectivity index (χ0) is 14.0. The molecule has 6 heteroatoms. The van der Waals surface area contributed by atoms with Gasteiger partial charge >= 0.3 is 0 Å². The Morgan fingerprint density at radius 2 is 1.84 bits per heavy atom. The molecule has 0 saturated carbocycles. The zero-order valence-electron chi connectivity index (χ0n) is 10.3. The number of hydrogen-bond donors (Lipinski definition) is 1. The highest BCUT2D eigenvalue weighted by atomic mass is 35.5. The number of nitrogens with zero attached hydrogens (tertiary/aromatic N) is 3. The lowest BCUT2D eigenvalue weighted by Gasteiger charge is -2.10. The summed E-state index contributed by atoms with van der Waals surface area (Å²) < 4.78 is 0. The van der Waals surface area contributed by atoms with E-state index in [2.05, 4.69) is 15.3 Å². The summed E-state index contributed by atoms with van der Waals surface area (Å²) in [4.78, 5) is 8.49. The lowest BCUT2D eigenvalue weighted by Crippen LogP contribution is -2.01. The Balaban J connectivity index is 2.42. The van der Waals surface area contributed by atoms with Crippen LogP contribution in [0.1, 0.15) is 17.0 Å². The van der Waals surface area contributed by atoms with Gasteiger partial charge in [-0.05, 0) is 32.0 Å². The minimum Gasteiger partial charge on any atom is -0.336 e. The fraction of sp³-hybridized carbons (Fsp3) is 0.154. The SMILES string of the molecule is Cc1nc(Cl)c(Nc2cc(C#N)ccc2Cl)nc1C. The lowest BCUT2D eigenvalue weighted by atomic mass is 10.2. The molecule has 0 radical (unpaired) electrons. The van der Waals surface area contributed by atoms with Gasteiger partial charge < -0.3 is 5.32 Å². The Hall–Kier alpha value is -1.83. The van der Waals surface area contributed by atoms with Gasteiger partial charge in [-0.2, -0.15) is 5.26 Å². The molecule has 0 aliphatic carbocycles. The first-order chi connectivity index (χ1) is 9.01. The largest absolute Gasteiger partial charge is 0.336 e. The van der Waals surface area contributed by atoms with E-state index < -0.39 is 0 Å². The number of anilines is 2. The maximum atomic E-state index is 8.88. The first-order valence-electron chi connectivity index (χ1n) is 5.48. The fourth-order valence-corrected chi connectivity index (χ4v) is 1.85. The van der Waals surface area contributed by atoms with Gasteiger partial charge in [-0.1, -0.05) is 23.2 Å². The van der Waals surface area contributed by atoms with Crippen molar-refractivity contribution >= 4 is 34.7 Å². The molecular formula is C13H10Cl2N4. The fourth-order valence-electron chi connectivity index (χ4n) is 1.47. The summed E-state index contributed by atoms with van der Waals surface area (Å²) in [6, 6.07) is 6.97. The molecule has 0 aliphatic rings. The van der Waals surface area contributed by atoms with E-state index in [4.69, 9.17) is 28.5 Å². The maximum absolute atomic E-state index is 8.88. The van der Waals surface area contributed by atoms with Gasteiger partial charge in [0, 0.05) is 0 Å². The van der Waals surface area contributed by atoms with E-state index in [9.17, 15) is 0 Å². The van der Waals surface area contributed by atoms with Crippen molar-refractivity contribution in [2.24, 2.45) is 0 Å². The summed E-state index contributed by atoms with van der Waals surface area (Å²) in [7, 11) is 0. The van der Waals surface area contributed by atoms with Gasteiger partial charge in [0.1, 0.15) is 0 Å². The van der Waals surface area contributed by atoms with E-state index in [1.54, 1.807) is 18.2 Å². The van der Waals surface area contributed by atoms with Crippen LogP contribution in [0.15, 0.2) is 18.2 Å². The van der Waals surface area contributed by atoms with Gasteiger partial charge in [0.15, 0.2) is 11.0 Å². The number of benzene rings is 1. The predicted octanol–water partition coefficient (Wildman–Crippen LogP) is 4.02. The zero-order valence-corrected chi connectivity index (χ0v) is 11.8. The van der Waals surface area contributed by atoms with Crippen molar-refractivity contribution in [1.82, 2.24) is 9.97 Å². The molecule has 0 bridgehead atoms. The highest BCUT2D eigenvalue weighted by Crippen LogP contribution is 2.28. The normalized spacial score (nSPS) is 10.1. The Labute approximate surface area is 121 Å². The standard InChI is InChI=1S/C13H10Cl2N4/c1-7-8(2)18-13(12(15)17-7)19-11-5-9(6-16)3-4-10(11)14/h3-5H,1-2H3,(H,18,19). The predicted molar refractivity (Wildman–Crippen MR) is 76.0 cm³/mol. The molecule has 1 aromatic heterocycles. The Bertz CT molecular complexity index is 677. The van der Waals surface area contributed by atoms with Crippen molar-refractivity contribution in [3.8, 4) is 6.07 Å².